The fourth-order valence-corrected chi connectivity index (χ4v) is 2.71. The van der Waals surface area contributed by atoms with Crippen molar-refractivity contribution < 1.29 is 31.5 Å². The number of benzene rings is 2. The van der Waals surface area contributed by atoms with E-state index in [-0.39, 0.29) is 5.69 Å². The van der Waals surface area contributed by atoms with Crippen molar-refractivity contribution in [1.82, 2.24) is 14.3 Å². The zero-order valence-corrected chi connectivity index (χ0v) is 16.8. The quantitative estimate of drug-likeness (QED) is 0.571. The Bertz CT molecular complexity index is 1180. The maximum Gasteiger partial charge on any atom is 0.425 e. The number of amides is 1. The number of alkyl halides is 3. The number of aryl methyl sites for hydroxylation is 1. The number of anilines is 1. The van der Waals surface area contributed by atoms with Crippen LogP contribution in [0.3, 0.4) is 0 Å². The Labute approximate surface area is 178 Å². The summed E-state index contributed by atoms with van der Waals surface area (Å²) in [7, 11) is 0. The molecule has 170 valence electrons. The van der Waals surface area contributed by atoms with Gasteiger partial charge in [-0.25, -0.2) is 13.6 Å². The van der Waals surface area contributed by atoms with E-state index in [0.717, 1.165) is 41.9 Å². The zero-order chi connectivity index (χ0) is 23.6. The second-order valence-corrected chi connectivity index (χ2v) is 6.64. The summed E-state index contributed by atoms with van der Waals surface area (Å²) in [5.41, 5.74) is -1.74. The molecule has 1 atom stereocenters. The second-order valence-electron chi connectivity index (χ2n) is 6.64. The maximum atomic E-state index is 13.9. The van der Waals surface area contributed by atoms with Crippen molar-refractivity contribution in [2.45, 2.75) is 32.7 Å². The van der Waals surface area contributed by atoms with Crippen LogP contribution < -0.4 is 15.7 Å². The van der Waals surface area contributed by atoms with Crippen LogP contribution in [0.15, 0.2) is 47.5 Å². The third-order valence-electron chi connectivity index (χ3n) is 4.49. The van der Waals surface area contributed by atoms with Crippen LogP contribution in [-0.2, 0) is 6.54 Å². The molecule has 32 heavy (non-hydrogen) atoms. The Hall–Kier alpha value is -3.70. The number of carbonyl (C=O) groups excluding carboxylic acids is 1. The van der Waals surface area contributed by atoms with Crippen molar-refractivity contribution in [3.05, 3.63) is 70.4 Å². The van der Waals surface area contributed by atoms with Gasteiger partial charge < -0.3 is 10.1 Å². The zero-order valence-electron chi connectivity index (χ0n) is 16.8. The number of halogens is 5. The molecule has 1 amide bonds. The van der Waals surface area contributed by atoms with Gasteiger partial charge in [0.05, 0.1) is 11.3 Å². The van der Waals surface area contributed by atoms with Gasteiger partial charge in [0.2, 0.25) is 0 Å². The molecule has 2 aromatic carbocycles. The lowest BCUT2D eigenvalue weighted by Crippen LogP contribution is -2.32. The van der Waals surface area contributed by atoms with Crippen LogP contribution in [0.4, 0.5) is 27.6 Å². The number of ether oxygens (including phenoxy) is 1. The van der Waals surface area contributed by atoms with E-state index in [1.54, 1.807) is 6.92 Å². The third kappa shape index (κ3) is 4.63. The molecule has 7 nitrogen and oxygen atoms in total. The minimum absolute atomic E-state index is 0.0280. The smallest absolute Gasteiger partial charge is 0.425 e. The van der Waals surface area contributed by atoms with Crippen molar-refractivity contribution in [2.24, 2.45) is 0 Å². The normalized spacial score (nSPS) is 12.5. The summed E-state index contributed by atoms with van der Waals surface area (Å²) in [5, 5.41) is 5.87. The molecule has 12 heteroatoms. The number of nitrogens with one attached hydrogen (secondary N) is 1. The van der Waals surface area contributed by atoms with Crippen molar-refractivity contribution in [3.8, 4) is 11.4 Å². The van der Waals surface area contributed by atoms with E-state index in [0.29, 0.717) is 6.54 Å². The Kier molecular flexibility index (Phi) is 6.32. The molecule has 1 aromatic heterocycles. The fraction of sp³-hybridized carbons (Fsp3) is 0.250. The molecule has 1 heterocycles. The Morgan fingerprint density at radius 2 is 1.84 bits per heavy atom. The van der Waals surface area contributed by atoms with Gasteiger partial charge in [0.25, 0.3) is 5.91 Å². The lowest BCUT2D eigenvalue weighted by molar-refractivity contribution is -0.189. The molecule has 3 aromatic rings. The van der Waals surface area contributed by atoms with Crippen LogP contribution >= 0.6 is 0 Å². The van der Waals surface area contributed by atoms with Gasteiger partial charge in [0, 0.05) is 12.6 Å². The SMILES string of the molecule is CCn1cnn(-c2ccc(C(=O)Nc3c(F)cccc3F)c(O[C@@H](C)C(F)(F)F)c2)c1=O. The molecule has 3 rings (SSSR count). The molecule has 1 N–H and O–H groups in total. The first-order valence-electron chi connectivity index (χ1n) is 9.30. The van der Waals surface area contributed by atoms with Gasteiger partial charge in [0.1, 0.15) is 29.4 Å². The Morgan fingerprint density at radius 3 is 2.41 bits per heavy atom. The van der Waals surface area contributed by atoms with Crippen LogP contribution in [0.25, 0.3) is 5.69 Å². The molecule has 0 bridgehead atoms. The topological polar surface area (TPSA) is 78.2 Å². The average Bonchev–Trinajstić information content (AvgIpc) is 3.10. The molecule has 0 aliphatic heterocycles. The lowest BCUT2D eigenvalue weighted by atomic mass is 10.1. The van der Waals surface area contributed by atoms with Gasteiger partial charge in [-0.15, -0.1) is 0 Å². The van der Waals surface area contributed by atoms with Crippen molar-refractivity contribution in [2.75, 3.05) is 5.32 Å². The van der Waals surface area contributed by atoms with Crippen molar-refractivity contribution >= 4 is 11.6 Å². The van der Waals surface area contributed by atoms with Gasteiger partial charge >= 0.3 is 11.9 Å². The molecule has 0 saturated heterocycles. The van der Waals surface area contributed by atoms with E-state index >= 15 is 0 Å². The summed E-state index contributed by atoms with van der Waals surface area (Å²) in [4.78, 5) is 24.9. The highest BCUT2D eigenvalue weighted by Crippen LogP contribution is 2.30. The lowest BCUT2D eigenvalue weighted by Gasteiger charge is -2.20. The summed E-state index contributed by atoms with van der Waals surface area (Å²) < 4.78 is 74.0. The van der Waals surface area contributed by atoms with Gasteiger partial charge in [-0.1, -0.05) is 6.07 Å². The van der Waals surface area contributed by atoms with Crippen LogP contribution in [0, 0.1) is 11.6 Å². The number of para-hydroxylation sites is 1. The van der Waals surface area contributed by atoms with E-state index in [1.807, 2.05) is 5.32 Å². The van der Waals surface area contributed by atoms with Crippen LogP contribution in [0.5, 0.6) is 5.75 Å². The largest absolute Gasteiger partial charge is 0.480 e. The van der Waals surface area contributed by atoms with E-state index in [2.05, 4.69) is 5.10 Å². The number of hydrogen-bond donors (Lipinski definition) is 1. The molecule has 0 saturated carbocycles. The number of rotatable bonds is 6. The summed E-state index contributed by atoms with van der Waals surface area (Å²) in [6.45, 7) is 2.73. The summed E-state index contributed by atoms with van der Waals surface area (Å²) in [6, 6.07) is 6.22. The van der Waals surface area contributed by atoms with E-state index in [1.165, 1.54) is 17.0 Å². The first-order chi connectivity index (χ1) is 15.0. The van der Waals surface area contributed by atoms with Crippen molar-refractivity contribution in [3.63, 3.8) is 0 Å². The molecule has 0 spiro atoms. The van der Waals surface area contributed by atoms with Gasteiger partial charge in [-0.2, -0.15) is 23.0 Å². The van der Waals surface area contributed by atoms with Crippen molar-refractivity contribution in [1.29, 1.82) is 0 Å². The van der Waals surface area contributed by atoms with Gasteiger partial charge in [0.15, 0.2) is 6.10 Å². The first-order valence-corrected chi connectivity index (χ1v) is 9.30. The standard InChI is InChI=1S/C20H17F5N4O3/c1-3-28-10-26-29(19(28)31)12-7-8-13(16(9-12)32-11(2)20(23,24)25)18(30)27-17-14(21)5-4-6-15(17)22/h4-11H,3H2,1-2H3,(H,27,30)/t11-/m0/s1. The van der Waals surface area contributed by atoms with Crippen LogP contribution in [0.1, 0.15) is 24.2 Å². The average molecular weight is 456 g/mol. The highest BCUT2D eigenvalue weighted by atomic mass is 19.4. The van der Waals surface area contributed by atoms with Crippen LogP contribution in [-0.4, -0.2) is 32.5 Å². The predicted octanol–water partition coefficient (Wildman–Crippen LogP) is 3.91. The highest BCUT2D eigenvalue weighted by Gasteiger charge is 2.38. The first kappa shape index (κ1) is 23.0. The maximum absolute atomic E-state index is 13.9. The minimum atomic E-state index is -4.76. The Balaban J connectivity index is 2.05. The predicted molar refractivity (Wildman–Crippen MR) is 104 cm³/mol. The number of aromatic nitrogens is 3. The molecule has 0 unspecified atom stereocenters. The third-order valence-corrected chi connectivity index (χ3v) is 4.49. The number of carbonyl (C=O) groups is 1. The van der Waals surface area contributed by atoms with Gasteiger partial charge in [-0.05, 0) is 38.1 Å². The molecular formula is C20H17F5N4O3. The van der Waals surface area contributed by atoms with E-state index < -0.39 is 52.5 Å². The molecular weight excluding hydrogens is 439 g/mol. The van der Waals surface area contributed by atoms with E-state index in [4.69, 9.17) is 4.74 Å². The fourth-order valence-electron chi connectivity index (χ4n) is 2.71. The second kappa shape index (κ2) is 8.81. The Morgan fingerprint density at radius 1 is 1.19 bits per heavy atom. The monoisotopic (exact) mass is 456 g/mol. The summed E-state index contributed by atoms with van der Waals surface area (Å²) in [5.74, 6) is -3.81. The molecule has 0 aliphatic carbocycles. The summed E-state index contributed by atoms with van der Waals surface area (Å²) >= 11 is 0. The van der Waals surface area contributed by atoms with E-state index in [9.17, 15) is 31.5 Å². The minimum Gasteiger partial charge on any atom is -0.480 e. The van der Waals surface area contributed by atoms with Crippen LogP contribution in [0.2, 0.25) is 0 Å². The summed E-state index contributed by atoms with van der Waals surface area (Å²) in [6.07, 6.45) is -5.84. The molecule has 0 aliphatic rings. The number of nitrogens with zero attached hydrogens (tertiary/aromatic N) is 3. The highest BCUT2D eigenvalue weighted by molar-refractivity contribution is 6.06. The molecule has 0 fully saturated rings. The van der Waals surface area contributed by atoms with Gasteiger partial charge in [-0.3, -0.25) is 9.36 Å². The number of hydrogen-bond acceptors (Lipinski definition) is 4. The molecule has 0 radical (unpaired) electrons.